The first kappa shape index (κ1) is 16.8. The van der Waals surface area contributed by atoms with Gasteiger partial charge in [-0.1, -0.05) is 18.2 Å². The number of hydrogen-bond donors (Lipinski definition) is 2. The van der Waals surface area contributed by atoms with Crippen molar-refractivity contribution < 1.29 is 37.3 Å². The smallest absolute Gasteiger partial charge is 0.479 e. The molecular formula is C15H10F4O4. The molecule has 0 saturated heterocycles. The van der Waals surface area contributed by atoms with Gasteiger partial charge in [0, 0.05) is 5.56 Å². The molecule has 0 saturated carbocycles. The summed E-state index contributed by atoms with van der Waals surface area (Å²) in [6.45, 7) is 0. The zero-order valence-corrected chi connectivity index (χ0v) is 11.3. The van der Waals surface area contributed by atoms with Crippen LogP contribution in [0.25, 0.3) is 11.1 Å². The third kappa shape index (κ3) is 4.19. The molecule has 0 amide bonds. The van der Waals surface area contributed by atoms with Crippen LogP contribution in [0.2, 0.25) is 0 Å². The summed E-state index contributed by atoms with van der Waals surface area (Å²) >= 11 is 0. The number of benzene rings is 2. The van der Waals surface area contributed by atoms with Crippen LogP contribution in [0.15, 0.2) is 42.5 Å². The Balaban J connectivity index is 2.41. The highest BCUT2D eigenvalue weighted by Gasteiger charge is 2.31. The van der Waals surface area contributed by atoms with E-state index in [1.165, 1.54) is 18.2 Å². The Morgan fingerprint density at radius 1 is 1.09 bits per heavy atom. The van der Waals surface area contributed by atoms with E-state index < -0.39 is 35.6 Å². The van der Waals surface area contributed by atoms with Crippen molar-refractivity contribution in [2.45, 2.75) is 12.5 Å². The Hall–Kier alpha value is -2.61. The topological polar surface area (TPSA) is 66.8 Å². The minimum atomic E-state index is -4.86. The van der Waals surface area contributed by atoms with E-state index in [4.69, 9.17) is 5.11 Å². The van der Waals surface area contributed by atoms with Crippen LogP contribution in [-0.4, -0.2) is 22.5 Å². The highest BCUT2D eigenvalue weighted by molar-refractivity contribution is 5.75. The van der Waals surface area contributed by atoms with Crippen molar-refractivity contribution in [3.8, 4) is 16.9 Å². The van der Waals surface area contributed by atoms with Gasteiger partial charge in [-0.2, -0.15) is 0 Å². The molecule has 0 aromatic heterocycles. The fourth-order valence-corrected chi connectivity index (χ4v) is 1.94. The Labute approximate surface area is 127 Å². The number of carboxylic acids is 1. The molecule has 2 rings (SSSR count). The van der Waals surface area contributed by atoms with Gasteiger partial charge in [0.2, 0.25) is 0 Å². The highest BCUT2D eigenvalue weighted by atomic mass is 19.4. The SMILES string of the molecule is O=C(O)C(O)c1cc(-c2cccc(OC(F)(F)F)c2)ccc1F. The molecule has 0 aliphatic rings. The maximum Gasteiger partial charge on any atom is 0.573 e. The standard InChI is InChI=1S/C15H10F4O4/c16-12-5-4-9(7-11(12)13(20)14(21)22)8-2-1-3-10(6-8)23-15(17,18)19/h1-7,13,20H,(H,21,22). The van der Waals surface area contributed by atoms with Crippen molar-refractivity contribution in [2.24, 2.45) is 0 Å². The number of halogens is 4. The third-order valence-electron chi connectivity index (χ3n) is 2.93. The van der Waals surface area contributed by atoms with Crippen LogP contribution in [0.1, 0.15) is 11.7 Å². The first-order valence-corrected chi connectivity index (χ1v) is 6.24. The van der Waals surface area contributed by atoms with Gasteiger partial charge in [-0.25, -0.2) is 9.18 Å². The summed E-state index contributed by atoms with van der Waals surface area (Å²) in [6, 6.07) is 8.13. The molecule has 0 heterocycles. The molecular weight excluding hydrogens is 320 g/mol. The Morgan fingerprint density at radius 2 is 1.74 bits per heavy atom. The zero-order chi connectivity index (χ0) is 17.2. The second kappa shape index (κ2) is 6.25. The lowest BCUT2D eigenvalue weighted by Crippen LogP contribution is -2.17. The summed E-state index contributed by atoms with van der Waals surface area (Å²) in [6.07, 6.45) is -6.93. The highest BCUT2D eigenvalue weighted by Crippen LogP contribution is 2.30. The van der Waals surface area contributed by atoms with Crippen molar-refractivity contribution in [1.82, 2.24) is 0 Å². The maximum atomic E-state index is 13.6. The van der Waals surface area contributed by atoms with Crippen LogP contribution in [0.3, 0.4) is 0 Å². The molecule has 2 aromatic carbocycles. The normalized spacial score (nSPS) is 12.7. The van der Waals surface area contributed by atoms with Gasteiger partial charge in [0.1, 0.15) is 11.6 Å². The van der Waals surface area contributed by atoms with Gasteiger partial charge in [0.15, 0.2) is 6.10 Å². The summed E-state index contributed by atoms with van der Waals surface area (Å²) in [5.74, 6) is -3.05. The first-order chi connectivity index (χ1) is 10.7. The number of carboxylic acid groups (broad SMARTS) is 1. The van der Waals surface area contributed by atoms with Crippen LogP contribution >= 0.6 is 0 Å². The van der Waals surface area contributed by atoms with Gasteiger partial charge in [0.05, 0.1) is 0 Å². The number of aliphatic hydroxyl groups is 1. The van der Waals surface area contributed by atoms with Crippen LogP contribution < -0.4 is 4.74 Å². The van der Waals surface area contributed by atoms with Crippen LogP contribution in [-0.2, 0) is 4.79 Å². The van der Waals surface area contributed by atoms with Crippen LogP contribution in [0, 0.1) is 5.82 Å². The lowest BCUT2D eigenvalue weighted by atomic mass is 10.00. The molecule has 122 valence electrons. The van der Waals surface area contributed by atoms with Gasteiger partial charge in [0.25, 0.3) is 0 Å². The molecule has 0 radical (unpaired) electrons. The Kier molecular flexibility index (Phi) is 4.55. The van der Waals surface area contributed by atoms with E-state index in [0.29, 0.717) is 0 Å². The van der Waals surface area contributed by atoms with E-state index in [0.717, 1.165) is 24.3 Å². The van der Waals surface area contributed by atoms with Gasteiger partial charge < -0.3 is 14.9 Å². The fourth-order valence-electron chi connectivity index (χ4n) is 1.94. The van der Waals surface area contributed by atoms with E-state index >= 15 is 0 Å². The third-order valence-corrected chi connectivity index (χ3v) is 2.93. The molecule has 2 aromatic rings. The van der Waals surface area contributed by atoms with Crippen molar-refractivity contribution in [3.63, 3.8) is 0 Å². The second-order valence-electron chi connectivity index (χ2n) is 4.55. The quantitative estimate of drug-likeness (QED) is 0.842. The average Bonchev–Trinajstić information content (AvgIpc) is 2.45. The molecule has 8 heteroatoms. The first-order valence-electron chi connectivity index (χ1n) is 6.24. The van der Waals surface area contributed by atoms with Gasteiger partial charge in [-0.15, -0.1) is 13.2 Å². The molecule has 0 fully saturated rings. The second-order valence-corrected chi connectivity index (χ2v) is 4.55. The predicted molar refractivity (Wildman–Crippen MR) is 71.1 cm³/mol. The largest absolute Gasteiger partial charge is 0.573 e. The Morgan fingerprint density at radius 3 is 2.35 bits per heavy atom. The molecule has 23 heavy (non-hydrogen) atoms. The molecule has 1 atom stereocenters. The number of aliphatic carboxylic acids is 1. The fraction of sp³-hybridized carbons (Fsp3) is 0.133. The van der Waals surface area contributed by atoms with Crippen molar-refractivity contribution in [2.75, 3.05) is 0 Å². The van der Waals surface area contributed by atoms with Gasteiger partial charge >= 0.3 is 12.3 Å². The molecule has 0 aliphatic carbocycles. The summed E-state index contributed by atoms with van der Waals surface area (Å²) in [7, 11) is 0. The lowest BCUT2D eigenvalue weighted by Gasteiger charge is -2.12. The lowest BCUT2D eigenvalue weighted by molar-refractivity contribution is -0.274. The number of hydrogen-bond acceptors (Lipinski definition) is 3. The molecule has 0 spiro atoms. The number of aliphatic hydroxyl groups excluding tert-OH is 1. The van der Waals surface area contributed by atoms with E-state index in [9.17, 15) is 27.5 Å². The molecule has 0 bridgehead atoms. The summed E-state index contributed by atoms with van der Waals surface area (Å²) < 4.78 is 54.0. The Bertz CT molecular complexity index is 728. The monoisotopic (exact) mass is 330 g/mol. The van der Waals surface area contributed by atoms with Gasteiger partial charge in [-0.05, 0) is 35.4 Å². The molecule has 1 unspecified atom stereocenters. The van der Waals surface area contributed by atoms with E-state index in [1.54, 1.807) is 0 Å². The molecule has 4 nitrogen and oxygen atoms in total. The van der Waals surface area contributed by atoms with E-state index in [-0.39, 0.29) is 11.1 Å². The predicted octanol–water partition coefficient (Wildman–Crippen LogP) is 3.51. The average molecular weight is 330 g/mol. The summed E-state index contributed by atoms with van der Waals surface area (Å²) in [5.41, 5.74) is -0.0166. The van der Waals surface area contributed by atoms with E-state index in [1.807, 2.05) is 0 Å². The number of carbonyl (C=O) groups is 1. The number of alkyl halides is 3. The van der Waals surface area contributed by atoms with Gasteiger partial charge in [-0.3, -0.25) is 0 Å². The number of ether oxygens (including phenoxy) is 1. The number of rotatable bonds is 4. The zero-order valence-electron chi connectivity index (χ0n) is 11.3. The van der Waals surface area contributed by atoms with Crippen molar-refractivity contribution in [1.29, 1.82) is 0 Å². The minimum absolute atomic E-state index is 0.231. The van der Waals surface area contributed by atoms with Crippen molar-refractivity contribution >= 4 is 5.97 Å². The van der Waals surface area contributed by atoms with E-state index in [2.05, 4.69) is 4.74 Å². The maximum absolute atomic E-state index is 13.6. The summed E-state index contributed by atoms with van der Waals surface area (Å²) in [4.78, 5) is 10.7. The van der Waals surface area contributed by atoms with Crippen LogP contribution in [0.4, 0.5) is 17.6 Å². The molecule has 2 N–H and O–H groups in total. The molecule has 0 aliphatic heterocycles. The summed E-state index contributed by atoms with van der Waals surface area (Å²) in [5, 5.41) is 18.2. The van der Waals surface area contributed by atoms with Crippen LogP contribution in [0.5, 0.6) is 5.75 Å². The van der Waals surface area contributed by atoms with Crippen molar-refractivity contribution in [3.05, 3.63) is 53.8 Å². The minimum Gasteiger partial charge on any atom is -0.479 e.